The second-order valence-corrected chi connectivity index (χ2v) is 7.05. The number of carbonyl (C=O) groups excluding carboxylic acids is 1. The predicted octanol–water partition coefficient (Wildman–Crippen LogP) is 3.74. The van der Waals surface area contributed by atoms with Gasteiger partial charge in [-0.3, -0.25) is 4.79 Å². The molecule has 3 nitrogen and oxygen atoms in total. The maximum atomic E-state index is 12.3. The summed E-state index contributed by atoms with van der Waals surface area (Å²) in [5.41, 5.74) is 6.78. The second kappa shape index (κ2) is 5.73. The number of benzene rings is 2. The number of amides is 1. The zero-order chi connectivity index (χ0) is 14.9. The van der Waals surface area contributed by atoms with E-state index in [1.165, 1.54) is 0 Å². The van der Waals surface area contributed by atoms with Crippen molar-refractivity contribution in [3.8, 4) is 0 Å². The van der Waals surface area contributed by atoms with Gasteiger partial charge in [-0.05, 0) is 30.7 Å². The number of rotatable bonds is 3. The smallest absolute Gasteiger partial charge is 0.247 e. The molecule has 0 spiro atoms. The van der Waals surface area contributed by atoms with Crippen LogP contribution in [0, 0.1) is 0 Å². The van der Waals surface area contributed by atoms with Crippen LogP contribution in [-0.4, -0.2) is 11.7 Å². The standard InChI is InChI=1S/C16H15BrN2OS/c17-11-4-3-5-12(10-11)19-16(15(18)20)8-9-21-14-7-2-1-6-13(14)16/h1-7,10,19H,8-9H2,(H2,18,20). The van der Waals surface area contributed by atoms with Crippen LogP contribution in [0.2, 0.25) is 0 Å². The van der Waals surface area contributed by atoms with E-state index in [2.05, 4.69) is 21.2 Å². The summed E-state index contributed by atoms with van der Waals surface area (Å²) in [4.78, 5) is 13.4. The molecule has 3 N–H and O–H groups in total. The Balaban J connectivity index is 2.08. The summed E-state index contributed by atoms with van der Waals surface area (Å²) in [6.45, 7) is 0. The van der Waals surface area contributed by atoms with Gasteiger partial charge < -0.3 is 11.1 Å². The van der Waals surface area contributed by atoms with Crippen molar-refractivity contribution >= 4 is 39.3 Å². The van der Waals surface area contributed by atoms with Crippen molar-refractivity contribution in [1.29, 1.82) is 0 Å². The zero-order valence-corrected chi connectivity index (χ0v) is 13.7. The van der Waals surface area contributed by atoms with Gasteiger partial charge in [0.05, 0.1) is 0 Å². The lowest BCUT2D eigenvalue weighted by Crippen LogP contribution is -2.49. The Morgan fingerprint density at radius 2 is 2.05 bits per heavy atom. The molecule has 1 heterocycles. The van der Waals surface area contributed by atoms with E-state index >= 15 is 0 Å². The molecule has 0 bridgehead atoms. The van der Waals surface area contributed by atoms with E-state index in [1.54, 1.807) is 11.8 Å². The molecular weight excluding hydrogens is 348 g/mol. The van der Waals surface area contributed by atoms with Gasteiger partial charge >= 0.3 is 0 Å². The highest BCUT2D eigenvalue weighted by molar-refractivity contribution is 9.10. The summed E-state index contributed by atoms with van der Waals surface area (Å²) in [7, 11) is 0. The largest absolute Gasteiger partial charge is 0.368 e. The fourth-order valence-electron chi connectivity index (χ4n) is 2.65. The van der Waals surface area contributed by atoms with Crippen LogP contribution in [0.15, 0.2) is 57.9 Å². The third kappa shape index (κ3) is 2.68. The number of thioether (sulfide) groups is 1. The molecule has 108 valence electrons. The molecule has 0 aromatic heterocycles. The number of anilines is 1. The molecule has 2 aromatic carbocycles. The molecule has 0 saturated carbocycles. The van der Waals surface area contributed by atoms with Crippen LogP contribution in [-0.2, 0) is 10.3 Å². The second-order valence-electron chi connectivity index (χ2n) is 5.00. The normalized spacial score (nSPS) is 20.6. The Morgan fingerprint density at radius 1 is 1.24 bits per heavy atom. The van der Waals surface area contributed by atoms with Gasteiger partial charge in [-0.15, -0.1) is 11.8 Å². The topological polar surface area (TPSA) is 55.1 Å². The maximum absolute atomic E-state index is 12.3. The first-order valence-corrected chi connectivity index (χ1v) is 8.46. The Morgan fingerprint density at radius 3 is 2.81 bits per heavy atom. The molecule has 0 fully saturated rings. The molecule has 1 unspecified atom stereocenters. The van der Waals surface area contributed by atoms with Crippen molar-refractivity contribution < 1.29 is 4.79 Å². The van der Waals surface area contributed by atoms with E-state index < -0.39 is 5.54 Å². The SMILES string of the molecule is NC(=O)C1(Nc2cccc(Br)c2)CCSc2ccccc21. The van der Waals surface area contributed by atoms with Crippen LogP contribution in [0.4, 0.5) is 5.69 Å². The van der Waals surface area contributed by atoms with E-state index in [-0.39, 0.29) is 5.91 Å². The van der Waals surface area contributed by atoms with Crippen LogP contribution < -0.4 is 11.1 Å². The Bertz CT molecular complexity index is 691. The van der Waals surface area contributed by atoms with E-state index in [9.17, 15) is 4.79 Å². The lowest BCUT2D eigenvalue weighted by atomic mass is 9.85. The minimum atomic E-state index is -0.845. The molecule has 5 heteroatoms. The number of hydrogen-bond acceptors (Lipinski definition) is 3. The number of hydrogen-bond donors (Lipinski definition) is 2. The number of primary amides is 1. The van der Waals surface area contributed by atoms with Crippen molar-refractivity contribution in [1.82, 2.24) is 0 Å². The minimum absolute atomic E-state index is 0.338. The first kappa shape index (κ1) is 14.5. The van der Waals surface area contributed by atoms with Crippen molar-refractivity contribution in [2.24, 2.45) is 5.73 Å². The molecule has 1 aliphatic heterocycles. The van der Waals surface area contributed by atoms with Crippen molar-refractivity contribution in [2.75, 3.05) is 11.1 Å². The van der Waals surface area contributed by atoms with Crippen LogP contribution >= 0.6 is 27.7 Å². The van der Waals surface area contributed by atoms with Crippen LogP contribution in [0.5, 0.6) is 0 Å². The molecule has 21 heavy (non-hydrogen) atoms. The highest BCUT2D eigenvalue weighted by Crippen LogP contribution is 2.42. The quantitative estimate of drug-likeness (QED) is 0.874. The van der Waals surface area contributed by atoms with Gasteiger partial charge in [0.15, 0.2) is 0 Å². The van der Waals surface area contributed by atoms with Crippen LogP contribution in [0.3, 0.4) is 0 Å². The number of nitrogens with one attached hydrogen (secondary N) is 1. The van der Waals surface area contributed by atoms with Gasteiger partial charge in [-0.1, -0.05) is 40.2 Å². The van der Waals surface area contributed by atoms with Crippen molar-refractivity contribution in [3.63, 3.8) is 0 Å². The first-order chi connectivity index (χ1) is 10.1. The molecule has 0 radical (unpaired) electrons. The molecule has 0 aliphatic carbocycles. The number of nitrogens with two attached hydrogens (primary N) is 1. The molecule has 1 amide bonds. The average Bonchev–Trinajstić information content (AvgIpc) is 2.47. The zero-order valence-electron chi connectivity index (χ0n) is 11.3. The third-order valence-corrected chi connectivity index (χ3v) is 5.25. The van der Waals surface area contributed by atoms with E-state index in [4.69, 9.17) is 5.73 Å². The first-order valence-electron chi connectivity index (χ1n) is 6.68. The fraction of sp³-hybridized carbons (Fsp3) is 0.188. The summed E-state index contributed by atoms with van der Waals surface area (Å²) in [5.74, 6) is 0.524. The summed E-state index contributed by atoms with van der Waals surface area (Å²) in [6.07, 6.45) is 0.677. The number of carbonyl (C=O) groups is 1. The lowest BCUT2D eigenvalue weighted by Gasteiger charge is -2.37. The summed E-state index contributed by atoms with van der Waals surface area (Å²) in [5, 5.41) is 3.37. The van der Waals surface area contributed by atoms with Crippen molar-refractivity contribution in [2.45, 2.75) is 16.9 Å². The molecule has 1 aliphatic rings. The number of halogens is 1. The minimum Gasteiger partial charge on any atom is -0.368 e. The van der Waals surface area contributed by atoms with Gasteiger partial charge in [0, 0.05) is 26.4 Å². The molecule has 3 rings (SSSR count). The summed E-state index contributed by atoms with van der Waals surface area (Å²) in [6, 6.07) is 15.7. The van der Waals surface area contributed by atoms with Crippen LogP contribution in [0.25, 0.3) is 0 Å². The molecule has 0 saturated heterocycles. The van der Waals surface area contributed by atoms with Gasteiger partial charge in [0.25, 0.3) is 0 Å². The van der Waals surface area contributed by atoms with E-state index in [0.717, 1.165) is 26.4 Å². The Hall–Kier alpha value is -1.46. The highest BCUT2D eigenvalue weighted by atomic mass is 79.9. The monoisotopic (exact) mass is 362 g/mol. The van der Waals surface area contributed by atoms with Crippen molar-refractivity contribution in [3.05, 3.63) is 58.6 Å². The Kier molecular flexibility index (Phi) is 3.95. The molecule has 2 aromatic rings. The summed E-state index contributed by atoms with van der Waals surface area (Å²) >= 11 is 5.22. The third-order valence-electron chi connectivity index (χ3n) is 3.68. The molecule has 1 atom stereocenters. The Labute approximate surface area is 136 Å². The average molecular weight is 363 g/mol. The maximum Gasteiger partial charge on any atom is 0.247 e. The van der Waals surface area contributed by atoms with Gasteiger partial charge in [0.2, 0.25) is 5.91 Å². The fourth-order valence-corrected chi connectivity index (χ4v) is 4.25. The lowest BCUT2D eigenvalue weighted by molar-refractivity contribution is -0.122. The molecular formula is C16H15BrN2OS. The van der Waals surface area contributed by atoms with Gasteiger partial charge in [-0.2, -0.15) is 0 Å². The number of fused-ring (bicyclic) bond motifs is 1. The van der Waals surface area contributed by atoms with E-state index in [0.29, 0.717) is 6.42 Å². The van der Waals surface area contributed by atoms with Gasteiger partial charge in [-0.25, -0.2) is 0 Å². The summed E-state index contributed by atoms with van der Waals surface area (Å²) < 4.78 is 0.964. The highest BCUT2D eigenvalue weighted by Gasteiger charge is 2.42. The predicted molar refractivity (Wildman–Crippen MR) is 90.4 cm³/mol. The van der Waals surface area contributed by atoms with E-state index in [1.807, 2.05) is 48.5 Å². The van der Waals surface area contributed by atoms with Crippen LogP contribution in [0.1, 0.15) is 12.0 Å². The van der Waals surface area contributed by atoms with Gasteiger partial charge in [0.1, 0.15) is 5.54 Å².